The summed E-state index contributed by atoms with van der Waals surface area (Å²) in [6, 6.07) is 42.8. The van der Waals surface area contributed by atoms with Gasteiger partial charge in [-0.15, -0.1) is 0 Å². The summed E-state index contributed by atoms with van der Waals surface area (Å²) < 4.78 is 6.63. The number of pyridine rings is 1. The van der Waals surface area contributed by atoms with Gasteiger partial charge in [-0.1, -0.05) is 97.1 Å². The van der Waals surface area contributed by atoms with Crippen LogP contribution in [-0.4, -0.2) is 19.9 Å². The molecule has 0 aliphatic heterocycles. The van der Waals surface area contributed by atoms with E-state index in [0.29, 0.717) is 17.5 Å². The third-order valence-electron chi connectivity index (χ3n) is 7.37. The van der Waals surface area contributed by atoms with E-state index in [2.05, 4.69) is 41.4 Å². The Balaban J connectivity index is 1.46. The van der Waals surface area contributed by atoms with Crippen molar-refractivity contribution < 1.29 is 4.42 Å². The van der Waals surface area contributed by atoms with Crippen molar-refractivity contribution in [2.45, 2.75) is 0 Å². The Morgan fingerprint density at radius 1 is 0.488 bits per heavy atom. The van der Waals surface area contributed by atoms with Crippen LogP contribution < -0.4 is 0 Å². The quantitative estimate of drug-likeness (QED) is 0.229. The highest BCUT2D eigenvalue weighted by atomic mass is 16.3. The third kappa shape index (κ3) is 4.03. The molecule has 8 aromatic rings. The van der Waals surface area contributed by atoms with Crippen LogP contribution in [-0.2, 0) is 0 Å². The molecule has 0 aliphatic carbocycles. The van der Waals surface area contributed by atoms with Crippen LogP contribution >= 0.6 is 0 Å². The van der Waals surface area contributed by atoms with E-state index in [4.69, 9.17) is 19.4 Å². The number of rotatable bonds is 4. The van der Waals surface area contributed by atoms with Crippen LogP contribution in [0.1, 0.15) is 0 Å². The van der Waals surface area contributed by atoms with Crippen LogP contribution in [0.2, 0.25) is 0 Å². The second kappa shape index (κ2) is 9.50. The second-order valence-corrected chi connectivity index (χ2v) is 9.92. The van der Waals surface area contributed by atoms with Gasteiger partial charge in [-0.05, 0) is 29.8 Å². The molecule has 0 atom stereocenters. The first-order valence-electron chi connectivity index (χ1n) is 13.5. The Kier molecular flexibility index (Phi) is 5.38. The van der Waals surface area contributed by atoms with Crippen LogP contribution in [0.3, 0.4) is 0 Å². The maximum absolute atomic E-state index is 6.63. The number of aromatic nitrogens is 4. The lowest BCUT2D eigenvalue weighted by Gasteiger charge is -2.11. The van der Waals surface area contributed by atoms with E-state index >= 15 is 0 Å². The average molecular weight is 527 g/mol. The molecule has 0 unspecified atom stereocenters. The predicted molar refractivity (Wildman–Crippen MR) is 164 cm³/mol. The Labute approximate surface area is 235 Å². The van der Waals surface area contributed by atoms with E-state index in [0.717, 1.165) is 60.7 Å². The molecule has 3 heterocycles. The molecular weight excluding hydrogens is 504 g/mol. The van der Waals surface area contributed by atoms with Gasteiger partial charge in [0.05, 0.1) is 5.52 Å². The number of furan rings is 1. The molecular formula is C36H22N4O. The first kappa shape index (κ1) is 23.2. The molecule has 0 N–H and O–H groups in total. The zero-order valence-corrected chi connectivity index (χ0v) is 21.9. The van der Waals surface area contributed by atoms with Crippen LogP contribution in [0.4, 0.5) is 0 Å². The first-order valence-corrected chi connectivity index (χ1v) is 13.5. The fourth-order valence-electron chi connectivity index (χ4n) is 5.41. The fourth-order valence-corrected chi connectivity index (χ4v) is 5.41. The monoisotopic (exact) mass is 526 g/mol. The predicted octanol–water partition coefficient (Wildman–Crippen LogP) is 8.99. The van der Waals surface area contributed by atoms with Gasteiger partial charge in [0.2, 0.25) is 0 Å². The van der Waals surface area contributed by atoms with Crippen LogP contribution in [0.15, 0.2) is 138 Å². The molecule has 5 heteroatoms. The van der Waals surface area contributed by atoms with E-state index in [1.165, 1.54) is 0 Å². The summed E-state index contributed by atoms with van der Waals surface area (Å²) in [5, 5.41) is 3.01. The zero-order chi connectivity index (χ0) is 27.2. The van der Waals surface area contributed by atoms with Gasteiger partial charge in [0, 0.05) is 50.7 Å². The Morgan fingerprint density at radius 2 is 1.07 bits per heavy atom. The topological polar surface area (TPSA) is 64.7 Å². The maximum atomic E-state index is 6.63. The number of benzene rings is 5. The van der Waals surface area contributed by atoms with Gasteiger partial charge in [0.25, 0.3) is 0 Å². The van der Waals surface area contributed by atoms with E-state index in [1.54, 1.807) is 6.20 Å². The molecule has 5 aromatic carbocycles. The van der Waals surface area contributed by atoms with E-state index in [1.807, 2.05) is 91.0 Å². The number of hydrogen-bond acceptors (Lipinski definition) is 5. The molecule has 0 amide bonds. The normalized spacial score (nSPS) is 11.4. The van der Waals surface area contributed by atoms with Gasteiger partial charge in [-0.3, -0.25) is 4.98 Å². The minimum atomic E-state index is 0.594. The lowest BCUT2D eigenvalue weighted by atomic mass is 9.97. The van der Waals surface area contributed by atoms with Crippen LogP contribution in [0.5, 0.6) is 0 Å². The number of fused-ring (bicyclic) bond motifs is 4. The summed E-state index contributed by atoms with van der Waals surface area (Å²) in [5.74, 6) is 1.84. The second-order valence-electron chi connectivity index (χ2n) is 9.92. The standard InChI is InChI=1S/C36H22N4O/c1-4-11-23(12-5-1)27-18-19-28(32-29-21-26-17-10-20-37-30(26)22-31(29)41-33(27)32)36-39-34(24-13-6-2-7-14-24)38-35(40-36)25-15-8-3-9-16-25/h1-22H. The van der Waals surface area contributed by atoms with Gasteiger partial charge in [-0.2, -0.15) is 0 Å². The molecule has 41 heavy (non-hydrogen) atoms. The summed E-state index contributed by atoms with van der Waals surface area (Å²) in [4.78, 5) is 19.5. The number of nitrogens with zero attached hydrogens (tertiary/aromatic N) is 4. The van der Waals surface area contributed by atoms with Gasteiger partial charge in [-0.25, -0.2) is 15.0 Å². The van der Waals surface area contributed by atoms with Crippen molar-refractivity contribution in [1.82, 2.24) is 19.9 Å². The highest BCUT2D eigenvalue weighted by Gasteiger charge is 2.21. The molecule has 0 fully saturated rings. The summed E-state index contributed by atoms with van der Waals surface area (Å²) >= 11 is 0. The maximum Gasteiger partial charge on any atom is 0.164 e. The smallest absolute Gasteiger partial charge is 0.164 e. The van der Waals surface area contributed by atoms with E-state index in [9.17, 15) is 0 Å². The van der Waals surface area contributed by atoms with Gasteiger partial charge in [0.1, 0.15) is 11.2 Å². The highest BCUT2D eigenvalue weighted by Crippen LogP contribution is 2.42. The van der Waals surface area contributed by atoms with Gasteiger partial charge < -0.3 is 4.42 Å². The molecule has 0 aliphatic rings. The highest BCUT2D eigenvalue weighted by molar-refractivity contribution is 6.18. The van der Waals surface area contributed by atoms with Crippen molar-refractivity contribution in [3.63, 3.8) is 0 Å². The van der Waals surface area contributed by atoms with Gasteiger partial charge >= 0.3 is 0 Å². The van der Waals surface area contributed by atoms with Crippen molar-refractivity contribution in [2.24, 2.45) is 0 Å². The molecule has 8 rings (SSSR count). The van der Waals surface area contributed by atoms with Crippen molar-refractivity contribution in [2.75, 3.05) is 0 Å². The molecule has 192 valence electrons. The van der Waals surface area contributed by atoms with Crippen LogP contribution in [0.25, 0.3) is 78.1 Å². The molecule has 0 radical (unpaired) electrons. The Morgan fingerprint density at radius 3 is 1.73 bits per heavy atom. The fraction of sp³-hybridized carbons (Fsp3) is 0. The first-order chi connectivity index (χ1) is 20.3. The lowest BCUT2D eigenvalue weighted by molar-refractivity contribution is 0.670. The van der Waals surface area contributed by atoms with Crippen LogP contribution in [0, 0.1) is 0 Å². The molecule has 0 bridgehead atoms. The molecule has 5 nitrogen and oxygen atoms in total. The minimum absolute atomic E-state index is 0.594. The van der Waals surface area contributed by atoms with E-state index < -0.39 is 0 Å². The Hall–Kier alpha value is -5.68. The Bertz CT molecular complexity index is 2130. The van der Waals surface area contributed by atoms with Crippen molar-refractivity contribution in [1.29, 1.82) is 0 Å². The van der Waals surface area contributed by atoms with Crippen molar-refractivity contribution in [3.8, 4) is 45.3 Å². The summed E-state index contributed by atoms with van der Waals surface area (Å²) in [5.41, 5.74) is 7.30. The number of hydrogen-bond donors (Lipinski definition) is 0. The molecule has 0 saturated carbocycles. The zero-order valence-electron chi connectivity index (χ0n) is 21.9. The molecule has 0 spiro atoms. The van der Waals surface area contributed by atoms with E-state index in [-0.39, 0.29) is 0 Å². The summed E-state index contributed by atoms with van der Waals surface area (Å²) in [6.07, 6.45) is 1.80. The minimum Gasteiger partial charge on any atom is -0.455 e. The summed E-state index contributed by atoms with van der Waals surface area (Å²) in [7, 11) is 0. The van der Waals surface area contributed by atoms with Crippen molar-refractivity contribution >= 4 is 32.8 Å². The largest absolute Gasteiger partial charge is 0.455 e. The molecule has 3 aromatic heterocycles. The van der Waals surface area contributed by atoms with Crippen molar-refractivity contribution in [3.05, 3.63) is 134 Å². The summed E-state index contributed by atoms with van der Waals surface area (Å²) in [6.45, 7) is 0. The lowest BCUT2D eigenvalue weighted by Crippen LogP contribution is -2.00. The third-order valence-corrected chi connectivity index (χ3v) is 7.37. The molecule has 0 saturated heterocycles. The van der Waals surface area contributed by atoms with Gasteiger partial charge in [0.15, 0.2) is 17.5 Å². The average Bonchev–Trinajstić information content (AvgIpc) is 3.42. The SMILES string of the molecule is c1ccc(-c2nc(-c3ccccc3)nc(-c3ccc(-c4ccccc4)c4oc5cc6ncccc6cc5c34)n2)cc1.